The normalized spacial score (nSPS) is 14.7. The Morgan fingerprint density at radius 2 is 1.55 bits per heavy atom. The van der Waals surface area contributed by atoms with Crippen LogP contribution in [0.4, 0.5) is 5.69 Å². The molecule has 3 aromatic carbocycles. The van der Waals surface area contributed by atoms with Gasteiger partial charge in [0.05, 0.1) is 10.6 Å². The van der Waals surface area contributed by atoms with Gasteiger partial charge < -0.3 is 10.2 Å². The lowest BCUT2D eigenvalue weighted by Gasteiger charge is -2.33. The third-order valence-corrected chi connectivity index (χ3v) is 10.0. The predicted molar refractivity (Wildman–Crippen MR) is 171 cm³/mol. The van der Waals surface area contributed by atoms with Gasteiger partial charge in [0.15, 0.2) is 0 Å². The van der Waals surface area contributed by atoms with Crippen LogP contribution in [0.1, 0.15) is 61.3 Å². The number of nitrogens with zero attached hydrogens (tertiary/aromatic N) is 2. The summed E-state index contributed by atoms with van der Waals surface area (Å²) in [5, 5.41) is 3.14. The molecule has 7 nitrogen and oxygen atoms in total. The van der Waals surface area contributed by atoms with E-state index in [1.807, 2.05) is 51.1 Å². The molecule has 9 heteroatoms. The smallest absolute Gasteiger partial charge is 0.264 e. The summed E-state index contributed by atoms with van der Waals surface area (Å²) in [7, 11) is -4.10. The molecule has 1 N–H and O–H groups in total. The monoisotopic (exact) mass is 653 g/mol. The SMILES string of the molecule is Cc1ccc(S(=O)(=O)N(CC(=O)N(Cc2cccc(Br)c2)[C@H](C)C(=O)NC2CCCCC2)c2cc(C)cc(C)c2)cc1. The fraction of sp³-hybridized carbons (Fsp3) is 0.394. The molecule has 4 rings (SSSR count). The molecular weight excluding hydrogens is 614 g/mol. The van der Waals surface area contributed by atoms with Crippen LogP contribution >= 0.6 is 15.9 Å². The summed E-state index contributed by atoms with van der Waals surface area (Å²) in [5.41, 5.74) is 3.93. The Hall–Kier alpha value is -3.17. The van der Waals surface area contributed by atoms with Gasteiger partial charge in [-0.2, -0.15) is 0 Å². The number of anilines is 1. The Morgan fingerprint density at radius 3 is 2.17 bits per heavy atom. The summed E-state index contributed by atoms with van der Waals surface area (Å²) in [6.45, 7) is 7.10. The Labute approximate surface area is 258 Å². The van der Waals surface area contributed by atoms with Crippen molar-refractivity contribution in [2.45, 2.75) is 83.3 Å². The highest BCUT2D eigenvalue weighted by molar-refractivity contribution is 9.10. The van der Waals surface area contributed by atoms with Gasteiger partial charge in [-0.3, -0.25) is 13.9 Å². The first-order chi connectivity index (χ1) is 19.9. The fourth-order valence-corrected chi connectivity index (χ4v) is 7.29. The fourth-order valence-electron chi connectivity index (χ4n) is 5.44. The molecule has 0 aromatic heterocycles. The van der Waals surface area contributed by atoms with Gasteiger partial charge in [0.2, 0.25) is 11.8 Å². The molecule has 1 aliphatic rings. The van der Waals surface area contributed by atoms with Crippen molar-refractivity contribution in [3.63, 3.8) is 0 Å². The molecule has 224 valence electrons. The maximum Gasteiger partial charge on any atom is 0.264 e. The first kappa shape index (κ1) is 31.8. The van der Waals surface area contributed by atoms with Gasteiger partial charge in [-0.05, 0) is 93.6 Å². The van der Waals surface area contributed by atoms with Crippen LogP contribution in [0.25, 0.3) is 0 Å². The number of halogens is 1. The average Bonchev–Trinajstić information content (AvgIpc) is 2.94. The Kier molecular flexibility index (Phi) is 10.5. The molecule has 0 bridgehead atoms. The number of benzene rings is 3. The van der Waals surface area contributed by atoms with Crippen molar-refractivity contribution < 1.29 is 18.0 Å². The van der Waals surface area contributed by atoms with Crippen LogP contribution in [-0.2, 0) is 26.2 Å². The number of hydrogen-bond acceptors (Lipinski definition) is 4. The zero-order valence-electron chi connectivity index (χ0n) is 24.8. The molecule has 42 heavy (non-hydrogen) atoms. The van der Waals surface area contributed by atoms with Crippen LogP contribution in [0, 0.1) is 20.8 Å². The minimum atomic E-state index is -4.10. The lowest BCUT2D eigenvalue weighted by atomic mass is 9.95. The minimum Gasteiger partial charge on any atom is -0.352 e. The number of sulfonamides is 1. The molecule has 0 heterocycles. The maximum absolute atomic E-state index is 14.2. The van der Waals surface area contributed by atoms with Crippen LogP contribution in [0.2, 0.25) is 0 Å². The lowest BCUT2D eigenvalue weighted by molar-refractivity contribution is -0.139. The molecule has 0 saturated heterocycles. The van der Waals surface area contributed by atoms with E-state index in [1.54, 1.807) is 43.3 Å². The molecule has 1 atom stereocenters. The van der Waals surface area contributed by atoms with Gasteiger partial charge in [-0.15, -0.1) is 0 Å². The number of aryl methyl sites for hydroxylation is 3. The van der Waals surface area contributed by atoms with Crippen molar-refractivity contribution >= 4 is 43.5 Å². The summed E-state index contributed by atoms with van der Waals surface area (Å²) in [5.74, 6) is -0.694. The van der Waals surface area contributed by atoms with Gasteiger partial charge in [-0.25, -0.2) is 8.42 Å². The van der Waals surface area contributed by atoms with E-state index in [0.29, 0.717) is 5.69 Å². The van der Waals surface area contributed by atoms with E-state index in [2.05, 4.69) is 21.2 Å². The molecule has 0 aliphatic heterocycles. The minimum absolute atomic E-state index is 0.0882. The summed E-state index contributed by atoms with van der Waals surface area (Å²) >= 11 is 3.49. The van der Waals surface area contributed by atoms with Crippen LogP contribution in [-0.4, -0.2) is 43.8 Å². The number of carbonyl (C=O) groups is 2. The van der Waals surface area contributed by atoms with E-state index in [1.165, 1.54) is 15.6 Å². The largest absolute Gasteiger partial charge is 0.352 e. The van der Waals surface area contributed by atoms with Crippen LogP contribution in [0.3, 0.4) is 0 Å². The van der Waals surface area contributed by atoms with E-state index in [9.17, 15) is 18.0 Å². The molecule has 1 aliphatic carbocycles. The van der Waals surface area contributed by atoms with Gasteiger partial charge >= 0.3 is 0 Å². The third kappa shape index (κ3) is 8.01. The molecule has 0 unspecified atom stereocenters. The second-order valence-corrected chi connectivity index (χ2v) is 14.1. The second kappa shape index (κ2) is 13.9. The van der Waals surface area contributed by atoms with Crippen molar-refractivity contribution in [2.75, 3.05) is 10.8 Å². The van der Waals surface area contributed by atoms with E-state index < -0.39 is 28.5 Å². The molecule has 0 radical (unpaired) electrons. The van der Waals surface area contributed by atoms with E-state index in [4.69, 9.17) is 0 Å². The third-order valence-electron chi connectivity index (χ3n) is 7.74. The molecule has 2 amide bonds. The quantitative estimate of drug-likeness (QED) is 0.273. The van der Waals surface area contributed by atoms with Crippen molar-refractivity contribution in [3.05, 3.63) is 93.5 Å². The predicted octanol–water partition coefficient (Wildman–Crippen LogP) is 6.44. The first-order valence-corrected chi connectivity index (χ1v) is 16.7. The Morgan fingerprint density at radius 1 is 0.905 bits per heavy atom. The van der Waals surface area contributed by atoms with E-state index >= 15 is 0 Å². The van der Waals surface area contributed by atoms with Gasteiger partial charge in [0.1, 0.15) is 12.6 Å². The summed E-state index contributed by atoms with van der Waals surface area (Å²) in [4.78, 5) is 29.2. The van der Waals surface area contributed by atoms with Crippen molar-refractivity contribution in [3.8, 4) is 0 Å². The highest BCUT2D eigenvalue weighted by Gasteiger charge is 2.33. The highest BCUT2D eigenvalue weighted by Crippen LogP contribution is 2.27. The van der Waals surface area contributed by atoms with Crippen LogP contribution in [0.5, 0.6) is 0 Å². The molecule has 1 fully saturated rings. The second-order valence-electron chi connectivity index (χ2n) is 11.3. The number of carbonyl (C=O) groups excluding carboxylic acids is 2. The molecule has 0 spiro atoms. The standard InChI is InChI=1S/C33H40BrN3O4S/c1-23-13-15-31(16-14-23)42(40,41)37(30-18-24(2)17-25(3)19-30)22-32(38)36(21-27-9-8-10-28(34)20-27)26(4)33(39)35-29-11-6-5-7-12-29/h8-10,13-20,26,29H,5-7,11-12,21-22H2,1-4H3,(H,35,39)/t26-/m1/s1. The summed E-state index contributed by atoms with van der Waals surface area (Å²) in [6, 6.07) is 18.9. The zero-order chi connectivity index (χ0) is 30.4. The zero-order valence-corrected chi connectivity index (χ0v) is 27.2. The molecular formula is C33H40BrN3O4S. The number of amides is 2. The summed E-state index contributed by atoms with van der Waals surface area (Å²) in [6.07, 6.45) is 5.16. The molecule has 3 aromatic rings. The summed E-state index contributed by atoms with van der Waals surface area (Å²) < 4.78 is 30.1. The van der Waals surface area contributed by atoms with Crippen molar-refractivity contribution in [2.24, 2.45) is 0 Å². The topological polar surface area (TPSA) is 86.8 Å². The average molecular weight is 655 g/mol. The van der Waals surface area contributed by atoms with Crippen LogP contribution in [0.15, 0.2) is 76.1 Å². The van der Waals surface area contributed by atoms with Crippen molar-refractivity contribution in [1.82, 2.24) is 10.2 Å². The van der Waals surface area contributed by atoms with E-state index in [0.717, 1.165) is 52.4 Å². The Bertz CT molecular complexity index is 1500. The van der Waals surface area contributed by atoms with Gasteiger partial charge in [0, 0.05) is 17.1 Å². The highest BCUT2D eigenvalue weighted by atomic mass is 79.9. The Balaban J connectivity index is 1.70. The van der Waals surface area contributed by atoms with E-state index in [-0.39, 0.29) is 23.4 Å². The van der Waals surface area contributed by atoms with Gasteiger partial charge in [0.25, 0.3) is 10.0 Å². The number of rotatable bonds is 10. The lowest BCUT2D eigenvalue weighted by Crippen LogP contribution is -2.53. The van der Waals surface area contributed by atoms with Crippen molar-refractivity contribution in [1.29, 1.82) is 0 Å². The maximum atomic E-state index is 14.2. The molecule has 1 saturated carbocycles. The first-order valence-electron chi connectivity index (χ1n) is 14.5. The number of hydrogen-bond donors (Lipinski definition) is 1. The van der Waals surface area contributed by atoms with Gasteiger partial charge in [-0.1, -0.05) is 71.1 Å². The van der Waals surface area contributed by atoms with Crippen LogP contribution < -0.4 is 9.62 Å². The number of nitrogens with one attached hydrogen (secondary N) is 1.